The van der Waals surface area contributed by atoms with Gasteiger partial charge >= 0.3 is 6.03 Å². The molecule has 0 bridgehead atoms. The third kappa shape index (κ3) is 5.43. The molecule has 0 saturated carbocycles. The lowest BCUT2D eigenvalue weighted by Crippen LogP contribution is -2.55. The second kappa shape index (κ2) is 9.18. The molecule has 146 valence electrons. The monoisotopic (exact) mass is 401 g/mol. The molecule has 4 amide bonds. The van der Waals surface area contributed by atoms with Crippen molar-refractivity contribution in [3.63, 3.8) is 0 Å². The third-order valence-corrected chi connectivity index (χ3v) is 4.48. The Kier molecular flexibility index (Phi) is 6.44. The van der Waals surface area contributed by atoms with Gasteiger partial charge in [0.2, 0.25) is 11.8 Å². The maximum absolute atomic E-state index is 12.3. The van der Waals surface area contributed by atoms with Crippen molar-refractivity contribution in [2.45, 2.75) is 6.54 Å². The van der Waals surface area contributed by atoms with Crippen LogP contribution >= 0.6 is 11.6 Å². The molecule has 2 aromatic rings. The number of piperazine rings is 1. The molecule has 1 aromatic heterocycles. The number of amides is 4. The quantitative estimate of drug-likeness (QED) is 0.797. The van der Waals surface area contributed by atoms with E-state index in [4.69, 9.17) is 11.6 Å². The number of urea groups is 1. The van der Waals surface area contributed by atoms with Crippen LogP contribution in [0.25, 0.3) is 0 Å². The molecular weight excluding hydrogens is 382 g/mol. The van der Waals surface area contributed by atoms with Crippen LogP contribution in [0.2, 0.25) is 5.02 Å². The molecule has 0 aliphatic carbocycles. The highest BCUT2D eigenvalue weighted by Crippen LogP contribution is 2.14. The predicted octanol–water partition coefficient (Wildman–Crippen LogP) is 1.73. The molecule has 0 unspecified atom stereocenters. The molecule has 8 nitrogen and oxygen atoms in total. The second-order valence-corrected chi connectivity index (χ2v) is 6.71. The Morgan fingerprint density at radius 3 is 2.57 bits per heavy atom. The van der Waals surface area contributed by atoms with Gasteiger partial charge in [0, 0.05) is 30.0 Å². The van der Waals surface area contributed by atoms with E-state index in [1.807, 2.05) is 12.1 Å². The summed E-state index contributed by atoms with van der Waals surface area (Å²) in [7, 11) is 0. The molecule has 1 aliphatic rings. The number of nitrogens with zero attached hydrogens (tertiary/aromatic N) is 3. The Hall–Kier alpha value is -3.13. The molecule has 1 aliphatic heterocycles. The third-order valence-electron chi connectivity index (χ3n) is 4.23. The average Bonchev–Trinajstić information content (AvgIpc) is 2.70. The Morgan fingerprint density at radius 1 is 1.11 bits per heavy atom. The Labute approximate surface area is 167 Å². The highest BCUT2D eigenvalue weighted by molar-refractivity contribution is 6.30. The normalized spacial score (nSPS) is 14.0. The number of carbonyl (C=O) groups excluding carboxylic acids is 3. The van der Waals surface area contributed by atoms with Crippen molar-refractivity contribution in [3.8, 4) is 0 Å². The van der Waals surface area contributed by atoms with Gasteiger partial charge in [0.15, 0.2) is 0 Å². The van der Waals surface area contributed by atoms with Crippen LogP contribution in [0.3, 0.4) is 0 Å². The second-order valence-electron chi connectivity index (χ2n) is 6.27. The van der Waals surface area contributed by atoms with E-state index in [0.29, 0.717) is 30.3 Å². The molecule has 3 rings (SSSR count). The summed E-state index contributed by atoms with van der Waals surface area (Å²) < 4.78 is 0. The molecule has 0 radical (unpaired) electrons. The van der Waals surface area contributed by atoms with E-state index in [2.05, 4.69) is 15.6 Å². The number of pyridine rings is 1. The number of hydrogen-bond acceptors (Lipinski definition) is 4. The van der Waals surface area contributed by atoms with E-state index < -0.39 is 0 Å². The fourth-order valence-electron chi connectivity index (χ4n) is 2.71. The molecule has 0 spiro atoms. The zero-order chi connectivity index (χ0) is 19.9. The van der Waals surface area contributed by atoms with E-state index in [0.717, 1.165) is 5.69 Å². The van der Waals surface area contributed by atoms with Crippen molar-refractivity contribution in [3.05, 3.63) is 59.4 Å². The topological polar surface area (TPSA) is 94.6 Å². The van der Waals surface area contributed by atoms with Crippen LogP contribution in [0, 0.1) is 0 Å². The van der Waals surface area contributed by atoms with Crippen molar-refractivity contribution < 1.29 is 14.4 Å². The summed E-state index contributed by atoms with van der Waals surface area (Å²) in [5.74, 6) is -0.538. The molecule has 1 fully saturated rings. The van der Waals surface area contributed by atoms with Crippen LogP contribution < -0.4 is 10.6 Å². The first-order valence-corrected chi connectivity index (χ1v) is 9.15. The van der Waals surface area contributed by atoms with Crippen molar-refractivity contribution >= 4 is 35.1 Å². The molecule has 1 aromatic carbocycles. The summed E-state index contributed by atoms with van der Waals surface area (Å²) in [5, 5.41) is 6.04. The molecule has 28 heavy (non-hydrogen) atoms. The highest BCUT2D eigenvalue weighted by atomic mass is 35.5. The van der Waals surface area contributed by atoms with E-state index in [-0.39, 0.29) is 30.9 Å². The molecule has 1 saturated heterocycles. The number of aromatic nitrogens is 1. The summed E-state index contributed by atoms with van der Waals surface area (Å²) in [6.45, 7) is 0.825. The van der Waals surface area contributed by atoms with Gasteiger partial charge in [0.25, 0.3) is 0 Å². The Morgan fingerprint density at radius 2 is 1.89 bits per heavy atom. The van der Waals surface area contributed by atoms with Gasteiger partial charge in [-0.2, -0.15) is 0 Å². The maximum Gasteiger partial charge on any atom is 0.322 e. The largest absolute Gasteiger partial charge is 0.349 e. The Bertz CT molecular complexity index is 844. The van der Waals surface area contributed by atoms with Crippen LogP contribution in [-0.2, 0) is 16.1 Å². The molecule has 2 N–H and O–H groups in total. The standard InChI is InChI=1S/C19H20ClN5O3/c20-14-4-6-15(7-5-14)23-19(28)25-10-9-24(18(27)13-25)12-17(26)22-11-16-3-1-2-8-21-16/h1-8H,9-13H2,(H,22,26)(H,23,28). The lowest BCUT2D eigenvalue weighted by molar-refractivity contribution is -0.139. The van der Waals surface area contributed by atoms with Crippen LogP contribution in [-0.4, -0.2) is 58.8 Å². The lowest BCUT2D eigenvalue weighted by Gasteiger charge is -2.33. The minimum Gasteiger partial charge on any atom is -0.349 e. The van der Waals surface area contributed by atoms with Gasteiger partial charge in [-0.1, -0.05) is 17.7 Å². The van der Waals surface area contributed by atoms with Gasteiger partial charge in [-0.15, -0.1) is 0 Å². The van der Waals surface area contributed by atoms with Crippen molar-refractivity contribution in [2.24, 2.45) is 0 Å². The SMILES string of the molecule is O=C(CN1CCN(C(=O)Nc2ccc(Cl)cc2)CC1=O)NCc1ccccn1. The van der Waals surface area contributed by atoms with Gasteiger partial charge < -0.3 is 20.4 Å². The van der Waals surface area contributed by atoms with Crippen molar-refractivity contribution in [2.75, 3.05) is 31.5 Å². The van der Waals surface area contributed by atoms with E-state index in [1.54, 1.807) is 36.5 Å². The zero-order valence-corrected chi connectivity index (χ0v) is 15.9. The number of benzene rings is 1. The number of carbonyl (C=O) groups is 3. The van der Waals surface area contributed by atoms with Crippen LogP contribution in [0.15, 0.2) is 48.7 Å². The number of hydrogen-bond donors (Lipinski definition) is 2. The molecular formula is C19H20ClN5O3. The van der Waals surface area contributed by atoms with Crippen molar-refractivity contribution in [1.29, 1.82) is 0 Å². The Balaban J connectivity index is 1.45. The minimum absolute atomic E-state index is 0.0433. The predicted molar refractivity (Wildman–Crippen MR) is 105 cm³/mol. The van der Waals surface area contributed by atoms with Gasteiger partial charge in [0.1, 0.15) is 6.54 Å². The number of nitrogens with one attached hydrogen (secondary N) is 2. The minimum atomic E-state index is -0.366. The molecule has 2 heterocycles. The smallest absolute Gasteiger partial charge is 0.322 e. The van der Waals surface area contributed by atoms with Crippen molar-refractivity contribution in [1.82, 2.24) is 20.1 Å². The first kappa shape index (κ1) is 19.6. The van der Waals surface area contributed by atoms with Crippen LogP contribution in [0.1, 0.15) is 5.69 Å². The molecule has 0 atom stereocenters. The van der Waals surface area contributed by atoms with E-state index >= 15 is 0 Å². The summed E-state index contributed by atoms with van der Waals surface area (Å²) in [6.07, 6.45) is 1.65. The fraction of sp³-hybridized carbons (Fsp3) is 0.263. The number of rotatable bonds is 5. The first-order valence-electron chi connectivity index (χ1n) is 8.77. The summed E-state index contributed by atoms with van der Waals surface area (Å²) in [5.41, 5.74) is 1.34. The van der Waals surface area contributed by atoms with Crippen LogP contribution in [0.5, 0.6) is 0 Å². The van der Waals surface area contributed by atoms with E-state index in [1.165, 1.54) is 9.80 Å². The fourth-order valence-corrected chi connectivity index (χ4v) is 2.83. The van der Waals surface area contributed by atoms with Gasteiger partial charge in [0.05, 0.1) is 18.8 Å². The van der Waals surface area contributed by atoms with E-state index in [9.17, 15) is 14.4 Å². The van der Waals surface area contributed by atoms with Gasteiger partial charge in [-0.05, 0) is 36.4 Å². The van der Waals surface area contributed by atoms with Gasteiger partial charge in [-0.25, -0.2) is 4.79 Å². The lowest BCUT2D eigenvalue weighted by atomic mass is 10.3. The first-order chi connectivity index (χ1) is 13.5. The molecule has 9 heteroatoms. The maximum atomic E-state index is 12.3. The van der Waals surface area contributed by atoms with Crippen LogP contribution in [0.4, 0.5) is 10.5 Å². The summed E-state index contributed by atoms with van der Waals surface area (Å²) in [6, 6.07) is 11.8. The van der Waals surface area contributed by atoms with Gasteiger partial charge in [-0.3, -0.25) is 14.6 Å². The number of anilines is 1. The highest BCUT2D eigenvalue weighted by Gasteiger charge is 2.28. The summed E-state index contributed by atoms with van der Waals surface area (Å²) in [4.78, 5) is 43.7. The zero-order valence-electron chi connectivity index (χ0n) is 15.1. The summed E-state index contributed by atoms with van der Waals surface area (Å²) >= 11 is 5.82. The average molecular weight is 402 g/mol. The number of halogens is 1.